The lowest BCUT2D eigenvalue weighted by Gasteiger charge is -2.34. The molecule has 0 aliphatic carbocycles. The van der Waals surface area contributed by atoms with Gasteiger partial charge in [0.15, 0.2) is 0 Å². The molecule has 15 heavy (non-hydrogen) atoms. The van der Waals surface area contributed by atoms with Crippen molar-refractivity contribution in [1.82, 2.24) is 0 Å². The minimum Gasteiger partial charge on any atom is -0.376 e. The Morgan fingerprint density at radius 2 is 1.40 bits per heavy atom. The lowest BCUT2D eigenvalue weighted by Crippen LogP contribution is -2.54. The van der Waals surface area contributed by atoms with E-state index in [2.05, 4.69) is 26.6 Å². The molecule has 0 N–H and O–H groups in total. The summed E-state index contributed by atoms with van der Waals surface area (Å²) in [5.74, 6) is 0. The van der Waals surface area contributed by atoms with Gasteiger partial charge >= 0.3 is 8.80 Å². The van der Waals surface area contributed by atoms with E-state index in [0.29, 0.717) is 4.87 Å². The Kier molecular flexibility index (Phi) is 6.70. The third-order valence-corrected chi connectivity index (χ3v) is 11.2. The molecule has 0 aromatic carbocycles. The Balaban J connectivity index is 4.74. The summed E-state index contributed by atoms with van der Waals surface area (Å²) in [6.45, 7) is 9.16. The van der Waals surface area contributed by atoms with Crippen molar-refractivity contribution in [1.29, 1.82) is 0 Å². The standard InChI is InChI=1S/C9H24O3SSi2/c1-8-9(13-14(5,6)7)15(10-2,11-3)12-4/h9H,8H2,1-7H3. The molecular weight excluding hydrogens is 244 g/mol. The summed E-state index contributed by atoms with van der Waals surface area (Å²) in [5, 5.41) is 0. The Hall–Kier alpha value is 0.664. The molecule has 1 unspecified atom stereocenters. The van der Waals surface area contributed by atoms with Gasteiger partial charge in [-0.15, -0.1) is 0 Å². The van der Waals surface area contributed by atoms with Crippen LogP contribution in [0.15, 0.2) is 0 Å². The van der Waals surface area contributed by atoms with Crippen LogP contribution in [0.2, 0.25) is 19.6 Å². The minimum atomic E-state index is -2.46. The van der Waals surface area contributed by atoms with Crippen molar-refractivity contribution in [2.24, 2.45) is 0 Å². The molecular formula is C9H24O3SSi2. The van der Waals surface area contributed by atoms with Crippen molar-refractivity contribution in [3.63, 3.8) is 0 Å². The average Bonchev–Trinajstić information content (AvgIpc) is 2.17. The molecule has 0 bridgehead atoms. The smallest absolute Gasteiger partial charge is 0.376 e. The van der Waals surface area contributed by atoms with E-state index < -0.39 is 16.0 Å². The summed E-state index contributed by atoms with van der Waals surface area (Å²) >= 11 is 2.01. The summed E-state index contributed by atoms with van der Waals surface area (Å²) in [5.41, 5.74) is 0. The molecule has 1 atom stereocenters. The van der Waals surface area contributed by atoms with Crippen LogP contribution in [0.1, 0.15) is 13.3 Å². The first-order valence-corrected chi connectivity index (χ1v) is 12.1. The number of hydrogen-bond acceptors (Lipinski definition) is 4. The second kappa shape index (κ2) is 6.41. The second-order valence-electron chi connectivity index (χ2n) is 4.34. The highest BCUT2D eigenvalue weighted by atomic mass is 32.4. The highest BCUT2D eigenvalue weighted by Crippen LogP contribution is 2.33. The molecule has 0 rings (SSSR count). The van der Waals surface area contributed by atoms with Gasteiger partial charge in [-0.3, -0.25) is 0 Å². The van der Waals surface area contributed by atoms with Gasteiger partial charge in [-0.25, -0.2) is 0 Å². The van der Waals surface area contributed by atoms with Crippen molar-refractivity contribution in [2.45, 2.75) is 37.9 Å². The number of hydrogen-bond donors (Lipinski definition) is 0. The van der Waals surface area contributed by atoms with Crippen molar-refractivity contribution in [3.8, 4) is 0 Å². The fourth-order valence-corrected chi connectivity index (χ4v) is 13.3. The molecule has 3 nitrogen and oxygen atoms in total. The number of rotatable bonds is 7. The van der Waals surface area contributed by atoms with E-state index in [1.165, 1.54) is 0 Å². The van der Waals surface area contributed by atoms with E-state index >= 15 is 0 Å². The van der Waals surface area contributed by atoms with Gasteiger partial charge in [-0.05, 0) is 6.42 Å². The van der Waals surface area contributed by atoms with E-state index in [0.717, 1.165) is 6.42 Å². The van der Waals surface area contributed by atoms with Gasteiger partial charge in [-0.1, -0.05) is 26.6 Å². The topological polar surface area (TPSA) is 27.7 Å². The quantitative estimate of drug-likeness (QED) is 0.664. The molecule has 0 radical (unpaired) electrons. The zero-order valence-electron chi connectivity index (χ0n) is 10.9. The normalized spacial score (nSPS) is 15.4. The van der Waals surface area contributed by atoms with Gasteiger partial charge in [0, 0.05) is 21.3 Å². The first-order valence-electron chi connectivity index (χ1n) is 5.18. The van der Waals surface area contributed by atoms with E-state index in [9.17, 15) is 0 Å². The van der Waals surface area contributed by atoms with Crippen LogP contribution >= 0.6 is 11.2 Å². The highest BCUT2D eigenvalue weighted by Gasteiger charge is 2.48. The fourth-order valence-electron chi connectivity index (χ4n) is 1.48. The van der Waals surface area contributed by atoms with E-state index in [-0.39, 0.29) is 0 Å². The third-order valence-electron chi connectivity index (χ3n) is 2.11. The third kappa shape index (κ3) is 4.58. The first kappa shape index (κ1) is 15.7. The molecule has 0 fully saturated rings. The maximum absolute atomic E-state index is 5.53. The summed E-state index contributed by atoms with van der Waals surface area (Å²) < 4.78 is 16.6. The molecule has 0 saturated carbocycles. The van der Waals surface area contributed by atoms with E-state index in [4.69, 9.17) is 13.3 Å². The van der Waals surface area contributed by atoms with Crippen LogP contribution in [0.4, 0.5) is 0 Å². The van der Waals surface area contributed by atoms with Crippen LogP contribution in [0.25, 0.3) is 0 Å². The van der Waals surface area contributed by atoms with E-state index in [1.807, 2.05) is 11.2 Å². The fraction of sp³-hybridized carbons (Fsp3) is 1.00. The van der Waals surface area contributed by atoms with Crippen LogP contribution in [-0.4, -0.2) is 42.2 Å². The van der Waals surface area contributed by atoms with Gasteiger partial charge in [0.1, 0.15) is 7.22 Å². The van der Waals surface area contributed by atoms with Gasteiger partial charge in [0.25, 0.3) is 0 Å². The van der Waals surface area contributed by atoms with Crippen LogP contribution in [0, 0.1) is 0 Å². The maximum Gasteiger partial charge on any atom is 0.513 e. The summed E-state index contributed by atoms with van der Waals surface area (Å²) in [4.78, 5) is 0.351. The zero-order chi connectivity index (χ0) is 12.1. The molecule has 0 heterocycles. The van der Waals surface area contributed by atoms with Crippen LogP contribution < -0.4 is 0 Å². The summed E-state index contributed by atoms with van der Waals surface area (Å²) in [7, 11) is 1.41. The van der Waals surface area contributed by atoms with E-state index in [1.54, 1.807) is 21.3 Å². The monoisotopic (exact) mass is 268 g/mol. The highest BCUT2D eigenvalue weighted by molar-refractivity contribution is 8.29. The second-order valence-corrected chi connectivity index (χ2v) is 17.3. The molecule has 0 aliphatic rings. The minimum absolute atomic E-state index is 0.351. The lowest BCUT2D eigenvalue weighted by atomic mass is 10.6. The van der Waals surface area contributed by atoms with Gasteiger partial charge in [-0.2, -0.15) is 11.2 Å². The molecule has 92 valence electrons. The Morgan fingerprint density at radius 1 is 1.00 bits per heavy atom. The molecule has 0 saturated heterocycles. The SMILES string of the molecule is CCC(S[Si](C)(C)C)[Si](OC)(OC)OC. The maximum atomic E-state index is 5.53. The van der Waals surface area contributed by atoms with Gasteiger partial charge in [0.05, 0.1) is 4.87 Å². The van der Waals surface area contributed by atoms with Crippen LogP contribution in [0.5, 0.6) is 0 Å². The largest absolute Gasteiger partial charge is 0.513 e. The molecule has 6 heteroatoms. The zero-order valence-corrected chi connectivity index (χ0v) is 13.7. The van der Waals surface area contributed by atoms with Crippen molar-refractivity contribution in [3.05, 3.63) is 0 Å². The van der Waals surface area contributed by atoms with Crippen molar-refractivity contribution in [2.75, 3.05) is 21.3 Å². The summed E-state index contributed by atoms with van der Waals surface area (Å²) in [6.07, 6.45) is 1.02. The Bertz CT molecular complexity index is 172. The van der Waals surface area contributed by atoms with Gasteiger partial charge in [0.2, 0.25) is 0 Å². The molecule has 0 spiro atoms. The first-order chi connectivity index (χ1) is 6.85. The summed E-state index contributed by atoms with van der Waals surface area (Å²) in [6, 6.07) is 0. The molecule has 0 aliphatic heterocycles. The molecule has 0 amide bonds. The van der Waals surface area contributed by atoms with Crippen molar-refractivity contribution >= 4 is 27.2 Å². The van der Waals surface area contributed by atoms with Crippen LogP contribution in [0.3, 0.4) is 0 Å². The van der Waals surface area contributed by atoms with Crippen molar-refractivity contribution < 1.29 is 13.3 Å². The predicted octanol–water partition coefficient (Wildman–Crippen LogP) is 2.75. The van der Waals surface area contributed by atoms with Crippen LogP contribution in [-0.2, 0) is 13.3 Å². The predicted molar refractivity (Wildman–Crippen MR) is 71.8 cm³/mol. The average molecular weight is 269 g/mol. The lowest BCUT2D eigenvalue weighted by molar-refractivity contribution is 0.121. The Labute approximate surface area is 99.9 Å². The van der Waals surface area contributed by atoms with Gasteiger partial charge < -0.3 is 13.3 Å². The molecule has 0 aromatic rings. The molecule has 0 aromatic heterocycles. The Morgan fingerprint density at radius 3 is 1.60 bits per heavy atom.